The van der Waals surface area contributed by atoms with Crippen molar-refractivity contribution in [3.8, 4) is 11.5 Å². The van der Waals surface area contributed by atoms with Crippen molar-refractivity contribution in [2.45, 2.75) is 25.3 Å². The van der Waals surface area contributed by atoms with Crippen molar-refractivity contribution in [3.63, 3.8) is 0 Å². The Kier molecular flexibility index (Phi) is 8.93. The van der Waals surface area contributed by atoms with Crippen LogP contribution in [0.25, 0.3) is 0 Å². The molecule has 0 bridgehead atoms. The van der Waals surface area contributed by atoms with Crippen molar-refractivity contribution in [1.29, 1.82) is 0 Å². The molecule has 2 aromatic carbocycles. The molecule has 0 spiro atoms. The third-order valence-electron chi connectivity index (χ3n) is 6.63. The Morgan fingerprint density at radius 3 is 2.24 bits per heavy atom. The molecule has 1 saturated heterocycles. The summed E-state index contributed by atoms with van der Waals surface area (Å²) in [6.45, 7) is 1.67. The van der Waals surface area contributed by atoms with E-state index in [0.29, 0.717) is 42.6 Å². The van der Waals surface area contributed by atoms with Gasteiger partial charge in [0.05, 0.1) is 26.3 Å². The molecule has 3 rings (SSSR count). The Morgan fingerprint density at radius 1 is 0.971 bits per heavy atom. The highest BCUT2D eigenvalue weighted by Crippen LogP contribution is 2.33. The van der Waals surface area contributed by atoms with Crippen molar-refractivity contribution in [2.24, 2.45) is 5.92 Å². The average molecular weight is 468 g/mol. The standard InChI is InChI=1S/C27H37N3O4/c1-28(2)19-25(31)29(3)23(18-20-10-7-6-8-11-20)21-14-16-30(17-15-21)27(32)22-12-9-13-24(33-4)26(22)34-5/h6-13,21,23H,14-19H2,1-5H3/t23-/m0/s1. The SMILES string of the molecule is COc1cccc(C(=O)N2CCC([C@H](Cc3ccccc3)N(C)C(=O)CN(C)C)CC2)c1OC. The molecule has 34 heavy (non-hydrogen) atoms. The van der Waals surface area contributed by atoms with Crippen molar-refractivity contribution >= 4 is 11.8 Å². The Morgan fingerprint density at radius 2 is 1.65 bits per heavy atom. The van der Waals surface area contributed by atoms with Crippen molar-refractivity contribution < 1.29 is 19.1 Å². The van der Waals surface area contributed by atoms with Crippen LogP contribution in [0.1, 0.15) is 28.8 Å². The molecule has 1 aliphatic rings. The fourth-order valence-electron chi connectivity index (χ4n) is 4.76. The lowest BCUT2D eigenvalue weighted by Crippen LogP contribution is -2.50. The molecule has 0 unspecified atom stereocenters. The van der Waals surface area contributed by atoms with E-state index in [4.69, 9.17) is 9.47 Å². The zero-order valence-corrected chi connectivity index (χ0v) is 21.0. The van der Waals surface area contributed by atoms with Crippen LogP contribution in [0.2, 0.25) is 0 Å². The van der Waals surface area contributed by atoms with Gasteiger partial charge in [-0.15, -0.1) is 0 Å². The van der Waals surface area contributed by atoms with Crippen LogP contribution in [0.15, 0.2) is 48.5 Å². The highest BCUT2D eigenvalue weighted by atomic mass is 16.5. The first-order valence-corrected chi connectivity index (χ1v) is 11.8. The van der Waals surface area contributed by atoms with Crippen LogP contribution >= 0.6 is 0 Å². The number of methoxy groups -OCH3 is 2. The topological polar surface area (TPSA) is 62.3 Å². The van der Waals surface area contributed by atoms with E-state index in [-0.39, 0.29) is 17.9 Å². The quantitative estimate of drug-likeness (QED) is 0.567. The zero-order chi connectivity index (χ0) is 24.7. The number of likely N-dealkylation sites (N-methyl/N-ethyl adjacent to an activating group) is 2. The maximum absolute atomic E-state index is 13.3. The largest absolute Gasteiger partial charge is 0.493 e. The summed E-state index contributed by atoms with van der Waals surface area (Å²) < 4.78 is 10.8. The van der Waals surface area contributed by atoms with Crippen LogP contribution in [-0.2, 0) is 11.2 Å². The number of carbonyl (C=O) groups excluding carboxylic acids is 2. The van der Waals surface area contributed by atoms with Gasteiger partial charge in [0, 0.05) is 26.2 Å². The molecule has 0 aliphatic carbocycles. The molecule has 184 valence electrons. The highest BCUT2D eigenvalue weighted by Gasteiger charge is 2.33. The number of carbonyl (C=O) groups is 2. The normalized spacial score (nSPS) is 15.2. The van der Waals surface area contributed by atoms with Crippen LogP contribution in [0, 0.1) is 5.92 Å². The molecule has 2 aromatic rings. The van der Waals surface area contributed by atoms with Crippen LogP contribution in [-0.4, -0.2) is 87.6 Å². The van der Waals surface area contributed by atoms with E-state index in [1.165, 1.54) is 5.56 Å². The third kappa shape index (κ3) is 6.08. The zero-order valence-electron chi connectivity index (χ0n) is 21.0. The van der Waals surface area contributed by atoms with E-state index in [0.717, 1.165) is 19.3 Å². The van der Waals surface area contributed by atoms with Crippen molar-refractivity contribution in [1.82, 2.24) is 14.7 Å². The van der Waals surface area contributed by atoms with Gasteiger partial charge in [0.25, 0.3) is 5.91 Å². The van der Waals surface area contributed by atoms with Crippen molar-refractivity contribution in [2.75, 3.05) is 55.0 Å². The first-order valence-electron chi connectivity index (χ1n) is 11.8. The highest BCUT2D eigenvalue weighted by molar-refractivity contribution is 5.97. The third-order valence-corrected chi connectivity index (χ3v) is 6.63. The van der Waals surface area contributed by atoms with Gasteiger partial charge in [0.1, 0.15) is 0 Å². The molecule has 0 saturated carbocycles. The minimum atomic E-state index is -0.0501. The maximum Gasteiger partial charge on any atom is 0.257 e. The summed E-state index contributed by atoms with van der Waals surface area (Å²) >= 11 is 0. The summed E-state index contributed by atoms with van der Waals surface area (Å²) in [5.41, 5.74) is 1.73. The summed E-state index contributed by atoms with van der Waals surface area (Å²) in [6, 6.07) is 15.8. The number of hydrogen-bond donors (Lipinski definition) is 0. The molecule has 0 aromatic heterocycles. The Hall–Kier alpha value is -3.06. The second kappa shape index (κ2) is 11.9. The summed E-state index contributed by atoms with van der Waals surface area (Å²) in [5.74, 6) is 1.39. The number of ether oxygens (including phenoxy) is 2. The Bertz CT molecular complexity index is 956. The van der Waals surface area contributed by atoms with E-state index in [9.17, 15) is 9.59 Å². The molecule has 7 heteroatoms. The molecule has 7 nitrogen and oxygen atoms in total. The molecular weight excluding hydrogens is 430 g/mol. The average Bonchev–Trinajstić information content (AvgIpc) is 2.86. The van der Waals surface area contributed by atoms with E-state index in [2.05, 4.69) is 12.1 Å². The van der Waals surface area contributed by atoms with Gasteiger partial charge in [-0.1, -0.05) is 36.4 Å². The Labute approximate surface area is 203 Å². The molecule has 1 aliphatic heterocycles. The monoisotopic (exact) mass is 467 g/mol. The fraction of sp³-hybridized carbons (Fsp3) is 0.481. The Balaban J connectivity index is 1.74. The van der Waals surface area contributed by atoms with E-state index in [1.54, 1.807) is 26.4 Å². The molecular formula is C27H37N3O4. The van der Waals surface area contributed by atoms with Gasteiger partial charge in [0.15, 0.2) is 11.5 Å². The number of nitrogens with zero attached hydrogens (tertiary/aromatic N) is 3. The molecule has 1 heterocycles. The first kappa shape index (κ1) is 25.6. The fourth-order valence-corrected chi connectivity index (χ4v) is 4.76. The molecule has 1 fully saturated rings. The second-order valence-corrected chi connectivity index (χ2v) is 9.17. The van der Waals surface area contributed by atoms with Gasteiger partial charge in [0.2, 0.25) is 5.91 Å². The summed E-state index contributed by atoms with van der Waals surface area (Å²) in [7, 11) is 8.86. The van der Waals surface area contributed by atoms with Crippen LogP contribution < -0.4 is 9.47 Å². The summed E-state index contributed by atoms with van der Waals surface area (Å²) in [4.78, 5) is 31.9. The number of rotatable bonds is 9. The number of piperidine rings is 1. The van der Waals surface area contributed by atoms with Crippen LogP contribution in [0.5, 0.6) is 11.5 Å². The van der Waals surface area contributed by atoms with E-state index >= 15 is 0 Å². The van der Waals surface area contributed by atoms with Gasteiger partial charge in [-0.25, -0.2) is 0 Å². The molecule has 2 amide bonds. The smallest absolute Gasteiger partial charge is 0.257 e. The minimum Gasteiger partial charge on any atom is -0.493 e. The van der Waals surface area contributed by atoms with Crippen LogP contribution in [0.3, 0.4) is 0 Å². The predicted molar refractivity (Wildman–Crippen MR) is 133 cm³/mol. The molecule has 0 radical (unpaired) electrons. The van der Waals surface area contributed by atoms with Crippen LogP contribution in [0.4, 0.5) is 0 Å². The molecule has 0 N–H and O–H groups in total. The maximum atomic E-state index is 13.3. The lowest BCUT2D eigenvalue weighted by molar-refractivity contribution is -0.134. The number of hydrogen-bond acceptors (Lipinski definition) is 5. The van der Waals surface area contributed by atoms with Gasteiger partial charge < -0.3 is 24.2 Å². The van der Waals surface area contributed by atoms with Gasteiger partial charge >= 0.3 is 0 Å². The second-order valence-electron chi connectivity index (χ2n) is 9.17. The van der Waals surface area contributed by atoms with Gasteiger partial charge in [-0.3, -0.25) is 9.59 Å². The number of likely N-dealkylation sites (tertiary alicyclic amines) is 1. The first-order chi connectivity index (χ1) is 16.3. The number of benzene rings is 2. The van der Waals surface area contributed by atoms with E-state index < -0.39 is 0 Å². The summed E-state index contributed by atoms with van der Waals surface area (Å²) in [6.07, 6.45) is 2.49. The minimum absolute atomic E-state index is 0.0501. The van der Waals surface area contributed by atoms with Crippen molar-refractivity contribution in [3.05, 3.63) is 59.7 Å². The number of amides is 2. The summed E-state index contributed by atoms with van der Waals surface area (Å²) in [5, 5.41) is 0. The van der Waals surface area contributed by atoms with Gasteiger partial charge in [-0.05, 0) is 57.0 Å². The lowest BCUT2D eigenvalue weighted by Gasteiger charge is -2.40. The predicted octanol–water partition coefficient (Wildman–Crippen LogP) is 3.19. The van der Waals surface area contributed by atoms with E-state index in [1.807, 2.05) is 60.1 Å². The van der Waals surface area contributed by atoms with Gasteiger partial charge in [-0.2, -0.15) is 0 Å². The molecule has 1 atom stereocenters. The number of para-hydroxylation sites is 1. The lowest BCUT2D eigenvalue weighted by atomic mass is 9.84.